The van der Waals surface area contributed by atoms with Crippen LogP contribution in [-0.2, 0) is 19.5 Å². The number of aryl methyl sites for hydroxylation is 1. The van der Waals surface area contributed by atoms with Crippen LogP contribution in [0, 0.1) is 0 Å². The van der Waals surface area contributed by atoms with Gasteiger partial charge in [-0.25, -0.2) is 14.8 Å². The van der Waals surface area contributed by atoms with Gasteiger partial charge >= 0.3 is 6.03 Å². The Bertz CT molecular complexity index is 1100. The van der Waals surface area contributed by atoms with Crippen molar-refractivity contribution in [3.63, 3.8) is 0 Å². The van der Waals surface area contributed by atoms with Crippen molar-refractivity contribution >= 4 is 40.9 Å². The summed E-state index contributed by atoms with van der Waals surface area (Å²) < 4.78 is 1.82. The van der Waals surface area contributed by atoms with Crippen molar-refractivity contribution in [2.24, 2.45) is 0 Å². The van der Waals surface area contributed by atoms with Gasteiger partial charge in [0.15, 0.2) is 0 Å². The number of benzene rings is 1. The number of hydrogen-bond acceptors (Lipinski definition) is 5. The first-order chi connectivity index (χ1) is 14.9. The predicted molar refractivity (Wildman–Crippen MR) is 121 cm³/mol. The zero-order valence-corrected chi connectivity index (χ0v) is 18.8. The van der Waals surface area contributed by atoms with E-state index in [4.69, 9.17) is 23.2 Å². The Morgan fingerprint density at radius 2 is 2.10 bits per heavy atom. The molecule has 2 N–H and O–H groups in total. The minimum absolute atomic E-state index is 0.151. The van der Waals surface area contributed by atoms with E-state index in [2.05, 4.69) is 25.7 Å². The third-order valence-corrected chi connectivity index (χ3v) is 5.97. The summed E-state index contributed by atoms with van der Waals surface area (Å²) in [4.78, 5) is 23.6. The summed E-state index contributed by atoms with van der Waals surface area (Å²) >= 11 is 12.1. The molecule has 8 nitrogen and oxygen atoms in total. The van der Waals surface area contributed by atoms with Crippen molar-refractivity contribution in [2.75, 3.05) is 11.9 Å². The lowest BCUT2D eigenvalue weighted by Gasteiger charge is -2.29. The number of hydrogen-bond donors (Lipinski definition) is 2. The lowest BCUT2D eigenvalue weighted by atomic mass is 10.1. The maximum Gasteiger partial charge on any atom is 0.318 e. The molecule has 0 spiro atoms. The van der Waals surface area contributed by atoms with Crippen LogP contribution in [0.15, 0.2) is 36.8 Å². The summed E-state index contributed by atoms with van der Waals surface area (Å²) in [5.74, 6) is 0.487. The Labute approximate surface area is 190 Å². The van der Waals surface area contributed by atoms with Crippen LogP contribution in [0.1, 0.15) is 36.7 Å². The van der Waals surface area contributed by atoms with E-state index in [1.165, 1.54) is 0 Å². The molecule has 3 aromatic rings. The zero-order valence-electron chi connectivity index (χ0n) is 17.3. The molecule has 1 atom stereocenters. The topological polar surface area (TPSA) is 88.0 Å². The Morgan fingerprint density at radius 3 is 2.84 bits per heavy atom. The molecule has 0 radical (unpaired) electrons. The fraction of sp³-hybridized carbons (Fsp3) is 0.333. The number of urea groups is 1. The molecule has 10 heteroatoms. The molecule has 0 saturated carbocycles. The Morgan fingerprint density at radius 1 is 1.26 bits per heavy atom. The van der Waals surface area contributed by atoms with Gasteiger partial charge in [-0.05, 0) is 43.5 Å². The van der Waals surface area contributed by atoms with Gasteiger partial charge in [-0.15, -0.1) is 0 Å². The van der Waals surface area contributed by atoms with E-state index < -0.39 is 0 Å². The summed E-state index contributed by atoms with van der Waals surface area (Å²) in [6.45, 7) is 5.74. The summed E-state index contributed by atoms with van der Waals surface area (Å²) in [6, 6.07) is 5.00. The van der Waals surface area contributed by atoms with Crippen LogP contribution in [0.4, 0.5) is 16.4 Å². The SMILES string of the molecule is CCn1cc(Nc2ncc3c(n2)CN(C(=O)NC(C)c2ccc(Cl)c(Cl)c2)CC3)cn1. The molecule has 1 aromatic carbocycles. The Kier molecular flexibility index (Phi) is 6.29. The van der Waals surface area contributed by atoms with Gasteiger partial charge in [0.05, 0.1) is 40.2 Å². The first kappa shape index (κ1) is 21.4. The van der Waals surface area contributed by atoms with Gasteiger partial charge in [0.25, 0.3) is 0 Å². The van der Waals surface area contributed by atoms with E-state index in [9.17, 15) is 4.79 Å². The van der Waals surface area contributed by atoms with Gasteiger partial charge < -0.3 is 15.5 Å². The maximum atomic E-state index is 12.8. The van der Waals surface area contributed by atoms with E-state index in [-0.39, 0.29) is 12.1 Å². The van der Waals surface area contributed by atoms with E-state index >= 15 is 0 Å². The highest BCUT2D eigenvalue weighted by atomic mass is 35.5. The number of carbonyl (C=O) groups excluding carboxylic acids is 1. The maximum absolute atomic E-state index is 12.8. The van der Waals surface area contributed by atoms with Gasteiger partial charge in [-0.1, -0.05) is 29.3 Å². The summed E-state index contributed by atoms with van der Waals surface area (Å²) in [5, 5.41) is 11.4. The molecule has 3 heterocycles. The van der Waals surface area contributed by atoms with E-state index in [0.29, 0.717) is 35.5 Å². The van der Waals surface area contributed by atoms with Gasteiger partial charge in [0.1, 0.15) is 0 Å². The number of rotatable bonds is 5. The second-order valence-electron chi connectivity index (χ2n) is 7.39. The molecule has 1 unspecified atom stereocenters. The third-order valence-electron chi connectivity index (χ3n) is 5.23. The zero-order chi connectivity index (χ0) is 22.0. The van der Waals surface area contributed by atoms with Crippen molar-refractivity contribution in [1.82, 2.24) is 30.0 Å². The lowest BCUT2D eigenvalue weighted by molar-refractivity contribution is 0.188. The average molecular weight is 460 g/mol. The van der Waals surface area contributed by atoms with E-state index in [1.807, 2.05) is 37.0 Å². The fourth-order valence-electron chi connectivity index (χ4n) is 3.41. The minimum atomic E-state index is -0.207. The molecule has 31 heavy (non-hydrogen) atoms. The average Bonchev–Trinajstić information content (AvgIpc) is 3.22. The molecule has 0 aliphatic carbocycles. The number of fused-ring (bicyclic) bond motifs is 1. The Hall–Kier alpha value is -2.84. The molecule has 0 saturated heterocycles. The number of nitrogens with one attached hydrogen (secondary N) is 2. The molecule has 162 valence electrons. The number of amides is 2. The lowest BCUT2D eigenvalue weighted by Crippen LogP contribution is -2.43. The molecular formula is C21H23Cl2N7O. The van der Waals surface area contributed by atoms with Gasteiger partial charge in [0, 0.05) is 25.5 Å². The first-order valence-electron chi connectivity index (χ1n) is 10.1. The van der Waals surface area contributed by atoms with Crippen molar-refractivity contribution in [2.45, 2.75) is 39.4 Å². The van der Waals surface area contributed by atoms with Gasteiger partial charge in [0.2, 0.25) is 5.95 Å². The molecule has 1 aliphatic heterocycles. The van der Waals surface area contributed by atoms with Crippen LogP contribution in [0.5, 0.6) is 0 Å². The molecule has 2 amide bonds. The van der Waals surface area contributed by atoms with Crippen LogP contribution in [0.3, 0.4) is 0 Å². The first-order valence-corrected chi connectivity index (χ1v) is 10.8. The predicted octanol–water partition coefficient (Wildman–Crippen LogP) is 4.57. The molecule has 0 fully saturated rings. The molecule has 0 bridgehead atoms. The van der Waals surface area contributed by atoms with Crippen LogP contribution >= 0.6 is 23.2 Å². The van der Waals surface area contributed by atoms with Crippen molar-refractivity contribution in [1.29, 1.82) is 0 Å². The monoisotopic (exact) mass is 459 g/mol. The van der Waals surface area contributed by atoms with Crippen LogP contribution in [0.25, 0.3) is 0 Å². The van der Waals surface area contributed by atoms with Gasteiger partial charge in [-0.2, -0.15) is 5.10 Å². The number of carbonyl (C=O) groups is 1. The van der Waals surface area contributed by atoms with Crippen LogP contribution < -0.4 is 10.6 Å². The highest BCUT2D eigenvalue weighted by Gasteiger charge is 2.24. The minimum Gasteiger partial charge on any atom is -0.331 e. The summed E-state index contributed by atoms with van der Waals surface area (Å²) in [5.41, 5.74) is 3.60. The van der Waals surface area contributed by atoms with Crippen molar-refractivity contribution < 1.29 is 4.79 Å². The smallest absolute Gasteiger partial charge is 0.318 e. The third kappa shape index (κ3) is 4.91. The molecule has 4 rings (SSSR count). The summed E-state index contributed by atoms with van der Waals surface area (Å²) in [7, 11) is 0. The standard InChI is InChI=1S/C21H23Cl2N7O/c1-3-30-11-16(10-25-30)27-20-24-9-15-6-7-29(12-19(15)28-20)21(31)26-13(2)14-4-5-17(22)18(23)8-14/h4-5,8-11,13H,3,6-7,12H2,1-2H3,(H,26,31)(H,24,27,28). The van der Waals surface area contributed by atoms with Crippen molar-refractivity contribution in [3.8, 4) is 0 Å². The molecular weight excluding hydrogens is 437 g/mol. The normalized spacial score (nSPS) is 14.1. The second-order valence-corrected chi connectivity index (χ2v) is 8.21. The van der Waals surface area contributed by atoms with E-state index in [1.54, 1.807) is 23.2 Å². The Balaban J connectivity index is 1.42. The van der Waals surface area contributed by atoms with Crippen LogP contribution in [0.2, 0.25) is 10.0 Å². The largest absolute Gasteiger partial charge is 0.331 e. The highest BCUT2D eigenvalue weighted by molar-refractivity contribution is 6.42. The van der Waals surface area contributed by atoms with Crippen molar-refractivity contribution in [3.05, 3.63) is 63.7 Å². The fourth-order valence-corrected chi connectivity index (χ4v) is 3.71. The molecule has 1 aliphatic rings. The number of nitrogens with zero attached hydrogens (tertiary/aromatic N) is 5. The van der Waals surface area contributed by atoms with Gasteiger partial charge in [-0.3, -0.25) is 4.68 Å². The quantitative estimate of drug-likeness (QED) is 0.583. The second kappa shape index (κ2) is 9.11. The van der Waals surface area contributed by atoms with E-state index in [0.717, 1.165) is 29.1 Å². The summed E-state index contributed by atoms with van der Waals surface area (Å²) in [6.07, 6.45) is 6.16. The number of halogens is 2. The number of aromatic nitrogens is 4. The number of anilines is 2. The molecule has 2 aromatic heterocycles. The van der Waals surface area contributed by atoms with Crippen LogP contribution in [-0.4, -0.2) is 37.2 Å². The highest BCUT2D eigenvalue weighted by Crippen LogP contribution is 2.26.